The van der Waals surface area contributed by atoms with Gasteiger partial charge in [0.05, 0.1) is 33.0 Å². The van der Waals surface area contributed by atoms with E-state index in [9.17, 15) is 9.90 Å². The molecule has 0 saturated carbocycles. The maximum atomic E-state index is 12.2. The average molecular weight is 636 g/mol. The number of ether oxygens (including phenoxy) is 4. The normalized spacial score (nSPS) is 21.0. The minimum Gasteiger partial charge on any atom is -0.493 e. The van der Waals surface area contributed by atoms with Gasteiger partial charge in [-0.1, -0.05) is 71.2 Å². The van der Waals surface area contributed by atoms with E-state index in [1.165, 1.54) is 11.1 Å². The smallest absolute Gasteiger partial charge is 0.276 e. The molecule has 11 heteroatoms. The summed E-state index contributed by atoms with van der Waals surface area (Å²) >= 11 is 17.2. The quantitative estimate of drug-likeness (QED) is 0.289. The van der Waals surface area contributed by atoms with E-state index in [1.54, 1.807) is 32.4 Å². The first-order valence-corrected chi connectivity index (χ1v) is 14.7. The molecule has 2 N–H and O–H groups in total. The number of nitrogens with one attached hydrogen (secondary N) is 1. The number of anilines is 1. The van der Waals surface area contributed by atoms with E-state index in [0.29, 0.717) is 24.4 Å². The van der Waals surface area contributed by atoms with Crippen LogP contribution in [0.3, 0.4) is 0 Å². The second-order valence-electron chi connectivity index (χ2n) is 10.4. The molecular weight excluding hydrogens is 603 g/mol. The van der Waals surface area contributed by atoms with E-state index in [2.05, 4.69) is 22.3 Å². The molecule has 2 aliphatic heterocycles. The van der Waals surface area contributed by atoms with Crippen LogP contribution in [0.2, 0.25) is 0 Å². The van der Waals surface area contributed by atoms with Gasteiger partial charge < -0.3 is 29.4 Å². The van der Waals surface area contributed by atoms with E-state index in [4.69, 9.17) is 53.8 Å². The number of aliphatic hydroxyl groups is 1. The number of halogens is 3. The van der Waals surface area contributed by atoms with Crippen molar-refractivity contribution in [1.82, 2.24) is 4.90 Å². The topological polar surface area (TPSA) is 89.5 Å². The Bertz CT molecular complexity index is 1400. The Morgan fingerprint density at radius 3 is 2.38 bits per heavy atom. The first kappa shape index (κ1) is 30.9. The number of fused-ring (bicyclic) bond motifs is 1. The molecule has 8 nitrogen and oxygen atoms in total. The Labute approximate surface area is 260 Å². The Hall–Kier alpha value is -2.56. The predicted octanol–water partition coefficient (Wildman–Crippen LogP) is 6.11. The Morgan fingerprint density at radius 1 is 1.00 bits per heavy atom. The number of hydrogen-bond acceptors (Lipinski definition) is 7. The van der Waals surface area contributed by atoms with Gasteiger partial charge in [0.25, 0.3) is 9.70 Å². The zero-order valence-corrected chi connectivity index (χ0v) is 25.6. The molecule has 5 rings (SSSR count). The molecule has 0 bridgehead atoms. The molecule has 1 fully saturated rings. The molecule has 0 radical (unpaired) electrons. The van der Waals surface area contributed by atoms with Gasteiger partial charge in [-0.15, -0.1) is 0 Å². The molecule has 1 amide bonds. The van der Waals surface area contributed by atoms with Crippen molar-refractivity contribution in [1.29, 1.82) is 0 Å². The highest BCUT2D eigenvalue weighted by Gasteiger charge is 2.35. The molecule has 3 atom stereocenters. The lowest BCUT2D eigenvalue weighted by Crippen LogP contribution is -2.41. The zero-order valence-electron chi connectivity index (χ0n) is 23.3. The second kappa shape index (κ2) is 13.4. The number of methoxy groups -OCH3 is 2. The van der Waals surface area contributed by atoms with Crippen LogP contribution in [0.5, 0.6) is 11.5 Å². The minimum atomic E-state index is -2.09. The second-order valence-corrected chi connectivity index (χ2v) is 12.7. The van der Waals surface area contributed by atoms with Crippen molar-refractivity contribution in [3.63, 3.8) is 0 Å². The van der Waals surface area contributed by atoms with Gasteiger partial charge in [-0.2, -0.15) is 0 Å². The first-order chi connectivity index (χ1) is 20.2. The first-order valence-electron chi connectivity index (χ1n) is 13.6. The van der Waals surface area contributed by atoms with Gasteiger partial charge >= 0.3 is 0 Å². The van der Waals surface area contributed by atoms with Crippen molar-refractivity contribution in [3.05, 3.63) is 88.5 Å². The predicted molar refractivity (Wildman–Crippen MR) is 162 cm³/mol. The highest BCUT2D eigenvalue weighted by molar-refractivity contribution is 6.76. The molecule has 0 aromatic heterocycles. The Kier molecular flexibility index (Phi) is 9.84. The van der Waals surface area contributed by atoms with Crippen LogP contribution in [-0.2, 0) is 33.8 Å². The van der Waals surface area contributed by atoms with Crippen molar-refractivity contribution in [2.45, 2.75) is 48.3 Å². The maximum absolute atomic E-state index is 12.2. The van der Waals surface area contributed by atoms with Gasteiger partial charge in [0, 0.05) is 37.3 Å². The molecule has 0 spiro atoms. The van der Waals surface area contributed by atoms with Crippen molar-refractivity contribution < 1.29 is 28.8 Å². The number of alkyl halides is 3. The summed E-state index contributed by atoms with van der Waals surface area (Å²) in [6.45, 7) is 2.31. The Morgan fingerprint density at radius 2 is 1.71 bits per heavy atom. The van der Waals surface area contributed by atoms with E-state index in [-0.39, 0.29) is 18.8 Å². The van der Waals surface area contributed by atoms with Crippen LogP contribution >= 0.6 is 34.8 Å². The fourth-order valence-electron chi connectivity index (χ4n) is 5.38. The molecule has 3 aromatic rings. The maximum Gasteiger partial charge on any atom is 0.276 e. The number of carbonyl (C=O) groups is 1. The molecule has 2 aliphatic rings. The van der Waals surface area contributed by atoms with Crippen molar-refractivity contribution in [2.75, 3.05) is 32.6 Å². The van der Waals surface area contributed by atoms with Crippen LogP contribution in [0, 0.1) is 0 Å². The summed E-state index contributed by atoms with van der Waals surface area (Å²) in [4.78, 5) is 14.6. The largest absolute Gasteiger partial charge is 0.493 e. The van der Waals surface area contributed by atoms with Gasteiger partial charge in [0.1, 0.15) is 0 Å². The van der Waals surface area contributed by atoms with E-state index in [0.717, 1.165) is 42.0 Å². The van der Waals surface area contributed by atoms with Crippen molar-refractivity contribution in [2.24, 2.45) is 0 Å². The number of benzene rings is 3. The number of carbonyl (C=O) groups excluding carboxylic acids is 1. The summed E-state index contributed by atoms with van der Waals surface area (Å²) < 4.78 is 21.9. The number of aliphatic hydroxyl groups excluding tert-OH is 1. The third kappa shape index (κ3) is 7.32. The molecule has 224 valence electrons. The SMILES string of the molecule is COc1cc2c(cc1OC)CN(C[C@@H]1C[C@H](c3ccc(CO)cc3)O[C@H](c3cccc(NC(=O)C(Cl)(Cl)Cl)c3)O1)CC2. The summed E-state index contributed by atoms with van der Waals surface area (Å²) in [7, 11) is 3.29. The highest BCUT2D eigenvalue weighted by atomic mass is 35.6. The van der Waals surface area contributed by atoms with Gasteiger partial charge in [0.2, 0.25) is 0 Å². The average Bonchev–Trinajstić information content (AvgIpc) is 2.99. The lowest BCUT2D eigenvalue weighted by atomic mass is 9.97. The standard InChI is InChI=1S/C31H33Cl3N2O6/c1-39-27-13-21-10-11-36(16-23(21)14-28(27)40-2)17-25-15-26(20-8-6-19(18-37)7-9-20)42-29(41-25)22-4-3-5-24(12-22)35-30(38)31(32,33)34/h3-9,12-14,25-26,29,37H,10-11,15-18H2,1-2H3,(H,35,38)/t25-,26+,29+/m0/s1. The fraction of sp³-hybridized carbons (Fsp3) is 0.387. The van der Waals surface area contributed by atoms with Crippen LogP contribution in [0.15, 0.2) is 60.7 Å². The van der Waals surface area contributed by atoms with Crippen molar-refractivity contribution >= 4 is 46.4 Å². The number of nitrogens with zero attached hydrogens (tertiary/aromatic N) is 1. The van der Waals surface area contributed by atoms with Crippen LogP contribution in [0.4, 0.5) is 5.69 Å². The molecule has 0 unspecified atom stereocenters. The summed E-state index contributed by atoms with van der Waals surface area (Å²) in [6, 6.07) is 19.0. The van der Waals surface area contributed by atoms with Crippen LogP contribution in [0.1, 0.15) is 46.6 Å². The zero-order chi connectivity index (χ0) is 29.9. The number of rotatable bonds is 8. The number of amides is 1. The van der Waals surface area contributed by atoms with Crippen molar-refractivity contribution in [3.8, 4) is 11.5 Å². The highest BCUT2D eigenvalue weighted by Crippen LogP contribution is 2.40. The lowest BCUT2D eigenvalue weighted by molar-refractivity contribution is -0.253. The Balaban J connectivity index is 1.36. The molecule has 2 heterocycles. The third-order valence-electron chi connectivity index (χ3n) is 7.55. The summed E-state index contributed by atoms with van der Waals surface area (Å²) in [5.41, 5.74) is 5.46. The van der Waals surface area contributed by atoms with E-state index in [1.807, 2.05) is 30.3 Å². The minimum absolute atomic E-state index is 0.0278. The molecule has 3 aromatic carbocycles. The summed E-state index contributed by atoms with van der Waals surface area (Å²) in [6.07, 6.45) is 0.444. The lowest BCUT2D eigenvalue weighted by Gasteiger charge is -2.39. The number of hydrogen-bond donors (Lipinski definition) is 2. The monoisotopic (exact) mass is 634 g/mol. The van der Waals surface area contributed by atoms with E-state index >= 15 is 0 Å². The third-order valence-corrected chi connectivity index (χ3v) is 8.06. The fourth-order valence-corrected chi connectivity index (χ4v) is 5.53. The van der Waals surface area contributed by atoms with E-state index < -0.39 is 16.0 Å². The summed E-state index contributed by atoms with van der Waals surface area (Å²) in [5, 5.41) is 12.1. The molecule has 1 saturated heterocycles. The van der Waals surface area contributed by atoms with Crippen LogP contribution in [0.25, 0.3) is 0 Å². The molecule has 42 heavy (non-hydrogen) atoms. The van der Waals surface area contributed by atoms with Crippen LogP contribution < -0.4 is 14.8 Å². The van der Waals surface area contributed by atoms with Gasteiger partial charge in [0.15, 0.2) is 17.8 Å². The molecular formula is C31H33Cl3N2O6. The van der Waals surface area contributed by atoms with Crippen LogP contribution in [-0.4, -0.2) is 53.1 Å². The summed E-state index contributed by atoms with van der Waals surface area (Å²) in [5.74, 6) is 0.700. The molecule has 0 aliphatic carbocycles. The van der Waals surface area contributed by atoms with Gasteiger partial charge in [-0.05, 0) is 52.9 Å². The van der Waals surface area contributed by atoms with Gasteiger partial charge in [-0.25, -0.2) is 0 Å². The van der Waals surface area contributed by atoms with Gasteiger partial charge in [-0.3, -0.25) is 9.69 Å².